The molecule has 1 amide bonds. The number of carbonyl (C=O) groups excluding carboxylic acids is 1. The van der Waals surface area contributed by atoms with E-state index >= 15 is 0 Å². The molecule has 0 bridgehead atoms. The number of halogens is 1. The summed E-state index contributed by atoms with van der Waals surface area (Å²) in [7, 11) is 2.15. The molecule has 0 spiro atoms. The third-order valence-corrected chi connectivity index (χ3v) is 5.08. The summed E-state index contributed by atoms with van der Waals surface area (Å²) in [5, 5.41) is 1.13. The van der Waals surface area contributed by atoms with Crippen LogP contribution in [0.15, 0.2) is 16.5 Å². The standard InChI is InChI=1S/C16H18ClN3O2/c1-9-14(12-3-4-13(17)18-15(12)22-9)16(21)20-7-10-5-19(2)6-11(10)8-20/h3-4,10-11H,5-8H2,1-2H3/t10-,11+. The molecule has 6 heteroatoms. The normalized spacial score (nSPS) is 25.1. The smallest absolute Gasteiger partial charge is 0.258 e. The molecule has 116 valence electrons. The molecule has 0 saturated carbocycles. The van der Waals surface area contributed by atoms with E-state index in [1.54, 1.807) is 6.07 Å². The average molecular weight is 320 g/mol. The van der Waals surface area contributed by atoms with Gasteiger partial charge in [0, 0.05) is 26.2 Å². The van der Waals surface area contributed by atoms with Crippen molar-refractivity contribution in [3.8, 4) is 0 Å². The predicted octanol–water partition coefficient (Wildman–Crippen LogP) is 2.42. The lowest BCUT2D eigenvalue weighted by molar-refractivity contribution is 0.0776. The van der Waals surface area contributed by atoms with Crippen LogP contribution in [0.1, 0.15) is 16.1 Å². The van der Waals surface area contributed by atoms with E-state index in [0.29, 0.717) is 34.0 Å². The maximum Gasteiger partial charge on any atom is 0.258 e. The first-order valence-electron chi connectivity index (χ1n) is 7.56. The van der Waals surface area contributed by atoms with Crippen molar-refractivity contribution in [3.05, 3.63) is 28.6 Å². The molecule has 2 aromatic heterocycles. The van der Waals surface area contributed by atoms with E-state index in [-0.39, 0.29) is 5.91 Å². The topological polar surface area (TPSA) is 49.6 Å². The summed E-state index contributed by atoms with van der Waals surface area (Å²) < 4.78 is 5.62. The number of amides is 1. The molecule has 0 aromatic carbocycles. The Kier molecular flexibility index (Phi) is 3.16. The quantitative estimate of drug-likeness (QED) is 0.757. The van der Waals surface area contributed by atoms with Crippen LogP contribution in [0.5, 0.6) is 0 Å². The second kappa shape index (κ2) is 4.96. The SMILES string of the molecule is Cc1oc2nc(Cl)ccc2c1C(=O)N1C[C@H]2CN(C)C[C@H]2C1. The van der Waals surface area contributed by atoms with Gasteiger partial charge in [-0.15, -0.1) is 0 Å². The maximum atomic E-state index is 12.9. The molecule has 22 heavy (non-hydrogen) atoms. The number of aromatic nitrogens is 1. The zero-order valence-corrected chi connectivity index (χ0v) is 13.4. The van der Waals surface area contributed by atoms with E-state index < -0.39 is 0 Å². The largest absolute Gasteiger partial charge is 0.442 e. The van der Waals surface area contributed by atoms with Gasteiger partial charge in [-0.05, 0) is 37.9 Å². The van der Waals surface area contributed by atoms with Gasteiger partial charge in [-0.1, -0.05) is 11.6 Å². The molecule has 4 heterocycles. The summed E-state index contributed by atoms with van der Waals surface area (Å²) >= 11 is 5.89. The van der Waals surface area contributed by atoms with E-state index in [2.05, 4.69) is 16.9 Å². The van der Waals surface area contributed by atoms with Crippen LogP contribution in [-0.4, -0.2) is 53.9 Å². The molecule has 0 aliphatic carbocycles. The van der Waals surface area contributed by atoms with Gasteiger partial charge in [0.1, 0.15) is 10.9 Å². The van der Waals surface area contributed by atoms with Gasteiger partial charge in [-0.25, -0.2) is 4.98 Å². The number of hydrogen-bond donors (Lipinski definition) is 0. The number of hydrogen-bond acceptors (Lipinski definition) is 4. The minimum Gasteiger partial charge on any atom is -0.442 e. The number of fused-ring (bicyclic) bond motifs is 2. The summed E-state index contributed by atoms with van der Waals surface area (Å²) in [6, 6.07) is 3.52. The highest BCUT2D eigenvalue weighted by Gasteiger charge is 2.41. The van der Waals surface area contributed by atoms with Crippen molar-refractivity contribution in [2.75, 3.05) is 33.2 Å². The number of likely N-dealkylation sites (tertiary alicyclic amines) is 2. The van der Waals surface area contributed by atoms with E-state index in [9.17, 15) is 4.79 Å². The fourth-order valence-electron chi connectivity index (χ4n) is 3.89. The van der Waals surface area contributed by atoms with E-state index in [0.717, 1.165) is 31.6 Å². The first-order valence-corrected chi connectivity index (χ1v) is 7.94. The van der Waals surface area contributed by atoms with Gasteiger partial charge in [0.05, 0.1) is 10.9 Å². The van der Waals surface area contributed by atoms with Crippen molar-refractivity contribution in [2.24, 2.45) is 11.8 Å². The van der Waals surface area contributed by atoms with Gasteiger partial charge in [-0.2, -0.15) is 0 Å². The van der Waals surface area contributed by atoms with Crippen LogP contribution in [0.4, 0.5) is 0 Å². The Morgan fingerprint density at radius 1 is 1.27 bits per heavy atom. The Morgan fingerprint density at radius 2 is 1.95 bits per heavy atom. The third-order valence-electron chi connectivity index (χ3n) is 4.87. The summed E-state index contributed by atoms with van der Waals surface area (Å²) in [6.45, 7) is 5.64. The highest BCUT2D eigenvalue weighted by Crippen LogP contribution is 2.33. The Balaban J connectivity index is 1.65. The number of carbonyl (C=O) groups is 1. The van der Waals surface area contributed by atoms with Crippen LogP contribution >= 0.6 is 11.6 Å². The third kappa shape index (κ3) is 2.11. The van der Waals surface area contributed by atoms with Gasteiger partial charge in [0.15, 0.2) is 0 Å². The molecule has 0 unspecified atom stereocenters. The predicted molar refractivity (Wildman–Crippen MR) is 84.1 cm³/mol. The van der Waals surface area contributed by atoms with Crippen LogP contribution in [-0.2, 0) is 0 Å². The highest BCUT2D eigenvalue weighted by molar-refractivity contribution is 6.29. The van der Waals surface area contributed by atoms with Gasteiger partial charge < -0.3 is 14.2 Å². The second-order valence-electron chi connectivity index (χ2n) is 6.47. The van der Waals surface area contributed by atoms with E-state index in [1.807, 2.05) is 17.9 Å². The van der Waals surface area contributed by atoms with Crippen molar-refractivity contribution in [2.45, 2.75) is 6.92 Å². The van der Waals surface area contributed by atoms with Gasteiger partial charge >= 0.3 is 0 Å². The first-order chi connectivity index (χ1) is 10.5. The van der Waals surface area contributed by atoms with Gasteiger partial charge in [0.2, 0.25) is 5.71 Å². The Bertz CT molecular complexity index is 743. The van der Waals surface area contributed by atoms with E-state index in [4.69, 9.17) is 16.0 Å². The summed E-state index contributed by atoms with van der Waals surface area (Å²) in [6.07, 6.45) is 0. The molecule has 2 atom stereocenters. The fourth-order valence-corrected chi connectivity index (χ4v) is 4.03. The summed E-state index contributed by atoms with van der Waals surface area (Å²) in [5.74, 6) is 1.86. The maximum absolute atomic E-state index is 12.9. The highest BCUT2D eigenvalue weighted by atomic mass is 35.5. The molecular weight excluding hydrogens is 302 g/mol. The van der Waals surface area contributed by atoms with Crippen LogP contribution in [0.2, 0.25) is 5.15 Å². The molecule has 5 nitrogen and oxygen atoms in total. The number of rotatable bonds is 1. The van der Waals surface area contributed by atoms with Crippen molar-refractivity contribution in [1.29, 1.82) is 0 Å². The first kappa shape index (κ1) is 14.0. The lowest BCUT2D eigenvalue weighted by atomic mass is 10.0. The van der Waals surface area contributed by atoms with Crippen molar-refractivity contribution in [1.82, 2.24) is 14.8 Å². The summed E-state index contributed by atoms with van der Waals surface area (Å²) in [5.41, 5.74) is 1.07. The molecule has 2 aromatic rings. The molecule has 2 saturated heterocycles. The van der Waals surface area contributed by atoms with Crippen molar-refractivity contribution >= 4 is 28.6 Å². The minimum atomic E-state index is 0.0532. The number of furan rings is 1. The lowest BCUT2D eigenvalue weighted by Gasteiger charge is -2.19. The van der Waals surface area contributed by atoms with Crippen LogP contribution in [0.3, 0.4) is 0 Å². The number of pyridine rings is 1. The minimum absolute atomic E-state index is 0.0532. The molecule has 0 radical (unpaired) electrons. The zero-order valence-electron chi connectivity index (χ0n) is 12.7. The number of nitrogens with zero attached hydrogens (tertiary/aromatic N) is 3. The van der Waals surface area contributed by atoms with Gasteiger partial charge in [0.25, 0.3) is 5.91 Å². The molecule has 2 aliphatic rings. The fraction of sp³-hybridized carbons (Fsp3) is 0.500. The Labute approximate surface area is 133 Å². The monoisotopic (exact) mass is 319 g/mol. The molecular formula is C16H18ClN3O2. The van der Waals surface area contributed by atoms with Crippen molar-refractivity contribution in [3.63, 3.8) is 0 Å². The van der Waals surface area contributed by atoms with Crippen LogP contribution < -0.4 is 0 Å². The van der Waals surface area contributed by atoms with Crippen LogP contribution in [0, 0.1) is 18.8 Å². The zero-order chi connectivity index (χ0) is 15.4. The molecule has 2 aliphatic heterocycles. The Hall–Kier alpha value is -1.59. The molecule has 2 fully saturated rings. The Morgan fingerprint density at radius 3 is 2.64 bits per heavy atom. The second-order valence-corrected chi connectivity index (χ2v) is 6.86. The van der Waals surface area contributed by atoms with E-state index in [1.165, 1.54) is 0 Å². The lowest BCUT2D eigenvalue weighted by Crippen LogP contribution is -2.32. The summed E-state index contributed by atoms with van der Waals surface area (Å²) in [4.78, 5) is 21.4. The van der Waals surface area contributed by atoms with Gasteiger partial charge in [-0.3, -0.25) is 4.79 Å². The number of aryl methyl sites for hydroxylation is 1. The average Bonchev–Trinajstić information content (AvgIpc) is 3.07. The van der Waals surface area contributed by atoms with Crippen LogP contribution in [0.25, 0.3) is 11.1 Å². The molecule has 4 rings (SSSR count). The molecule has 0 N–H and O–H groups in total. The van der Waals surface area contributed by atoms with Crippen molar-refractivity contribution < 1.29 is 9.21 Å².